The third-order valence-electron chi connectivity index (χ3n) is 5.75. The zero-order chi connectivity index (χ0) is 22.2. The molecule has 0 saturated carbocycles. The van der Waals surface area contributed by atoms with Crippen LogP contribution in [0.5, 0.6) is 0 Å². The van der Waals surface area contributed by atoms with Crippen molar-refractivity contribution >= 4 is 44.3 Å². The van der Waals surface area contributed by atoms with Gasteiger partial charge in [0.2, 0.25) is 0 Å². The van der Waals surface area contributed by atoms with Crippen LogP contribution in [0.4, 0.5) is 8.78 Å². The third kappa shape index (κ3) is 3.74. The summed E-state index contributed by atoms with van der Waals surface area (Å²) in [6.07, 6.45) is 4.09. The molecule has 1 aliphatic rings. The summed E-state index contributed by atoms with van der Waals surface area (Å²) in [6.45, 7) is -1.98. The number of aromatic nitrogens is 4. The van der Waals surface area contributed by atoms with Crippen LogP contribution < -0.4 is 5.56 Å². The average Bonchev–Trinajstić information content (AvgIpc) is 3.35. The van der Waals surface area contributed by atoms with Gasteiger partial charge in [0, 0.05) is 12.0 Å². The number of ether oxygens (including phenoxy) is 1. The van der Waals surface area contributed by atoms with E-state index in [9.17, 15) is 13.6 Å². The van der Waals surface area contributed by atoms with Gasteiger partial charge in [0.1, 0.15) is 10.7 Å². The number of hydrogen-bond acceptors (Lipinski definition) is 6. The van der Waals surface area contributed by atoms with Crippen LogP contribution >= 0.6 is 23.1 Å². The van der Waals surface area contributed by atoms with Gasteiger partial charge in [-0.2, -0.15) is 8.78 Å². The molecule has 10 heteroatoms. The van der Waals surface area contributed by atoms with Crippen LogP contribution in [-0.4, -0.2) is 32.8 Å². The van der Waals surface area contributed by atoms with Gasteiger partial charge in [0.05, 0.1) is 35.3 Å². The Hall–Kier alpha value is -2.30. The number of thiophene rings is 1. The van der Waals surface area contributed by atoms with Crippen molar-refractivity contribution in [3.8, 4) is 0 Å². The van der Waals surface area contributed by atoms with Crippen molar-refractivity contribution in [2.24, 2.45) is 0 Å². The normalized spacial score (nSPS) is 14.0. The Bertz CT molecular complexity index is 1350. The van der Waals surface area contributed by atoms with Gasteiger partial charge >= 0.3 is 6.55 Å². The molecule has 4 aromatic rings. The van der Waals surface area contributed by atoms with Crippen LogP contribution in [0.2, 0.25) is 0 Å². The second kappa shape index (κ2) is 8.92. The SMILES string of the molecule is COCCn1c(SCc2nc3ccccc3n2C(F)F)nc2sc3c(c2c1=O)CCCC3. The van der Waals surface area contributed by atoms with Crippen molar-refractivity contribution in [1.29, 1.82) is 0 Å². The number of imidazole rings is 1. The molecule has 168 valence electrons. The highest BCUT2D eigenvalue weighted by Gasteiger charge is 2.23. The van der Waals surface area contributed by atoms with Crippen LogP contribution in [0.3, 0.4) is 0 Å². The van der Waals surface area contributed by atoms with Gasteiger partial charge in [-0.25, -0.2) is 9.97 Å². The highest BCUT2D eigenvalue weighted by molar-refractivity contribution is 7.98. The van der Waals surface area contributed by atoms with E-state index in [0.717, 1.165) is 40.6 Å². The average molecular weight is 477 g/mol. The number of aryl methyl sites for hydroxylation is 2. The summed E-state index contributed by atoms with van der Waals surface area (Å²) in [7, 11) is 1.58. The lowest BCUT2D eigenvalue weighted by molar-refractivity contribution is 0.0722. The van der Waals surface area contributed by atoms with E-state index in [4.69, 9.17) is 9.72 Å². The van der Waals surface area contributed by atoms with E-state index in [2.05, 4.69) is 4.98 Å². The lowest BCUT2D eigenvalue weighted by Gasteiger charge is -2.13. The Kier molecular flexibility index (Phi) is 6.00. The highest BCUT2D eigenvalue weighted by atomic mass is 32.2. The first-order chi connectivity index (χ1) is 15.6. The number of halogens is 2. The van der Waals surface area contributed by atoms with E-state index in [1.165, 1.54) is 16.6 Å². The lowest BCUT2D eigenvalue weighted by Crippen LogP contribution is -2.25. The number of fused-ring (bicyclic) bond motifs is 4. The number of para-hydroxylation sites is 2. The number of methoxy groups -OCH3 is 1. The summed E-state index contributed by atoms with van der Waals surface area (Å²) in [4.78, 5) is 24.6. The van der Waals surface area contributed by atoms with Crippen LogP contribution in [0, 0.1) is 0 Å². The van der Waals surface area contributed by atoms with E-state index >= 15 is 0 Å². The van der Waals surface area contributed by atoms with Crippen LogP contribution in [0.1, 0.15) is 35.7 Å². The van der Waals surface area contributed by atoms with Crippen molar-refractivity contribution in [2.45, 2.75) is 49.7 Å². The van der Waals surface area contributed by atoms with Crippen molar-refractivity contribution in [3.63, 3.8) is 0 Å². The fourth-order valence-electron chi connectivity index (χ4n) is 4.25. The number of nitrogens with zero attached hydrogens (tertiary/aromatic N) is 4. The Labute approximate surface area is 191 Å². The van der Waals surface area contributed by atoms with Gasteiger partial charge in [0.25, 0.3) is 5.56 Å². The minimum absolute atomic E-state index is 0.0729. The summed E-state index contributed by atoms with van der Waals surface area (Å²) in [6, 6.07) is 6.85. The molecule has 0 aliphatic heterocycles. The standard InChI is InChI=1S/C22H22F2N4O2S2/c1-30-11-10-27-20(29)18-13-6-2-5-9-16(13)32-19(18)26-22(27)31-12-17-25-14-7-3-4-8-15(14)28(17)21(23)24/h3-4,7-8,21H,2,5-6,9-12H2,1H3. The molecule has 0 spiro atoms. The maximum Gasteiger partial charge on any atom is 0.320 e. The van der Waals surface area contributed by atoms with Crippen molar-refractivity contribution in [3.05, 3.63) is 50.9 Å². The Morgan fingerprint density at radius 3 is 2.84 bits per heavy atom. The van der Waals surface area contributed by atoms with E-state index in [-0.39, 0.29) is 17.1 Å². The zero-order valence-corrected chi connectivity index (χ0v) is 19.1. The van der Waals surface area contributed by atoms with Gasteiger partial charge in [0.15, 0.2) is 5.16 Å². The van der Waals surface area contributed by atoms with E-state index in [1.54, 1.807) is 47.3 Å². The number of alkyl halides is 2. The predicted octanol–water partition coefficient (Wildman–Crippen LogP) is 5.02. The first kappa shape index (κ1) is 21.5. The molecule has 6 nitrogen and oxygen atoms in total. The fraction of sp³-hybridized carbons (Fsp3) is 0.409. The molecule has 0 fully saturated rings. The summed E-state index contributed by atoms with van der Waals surface area (Å²) in [5.41, 5.74) is 1.98. The predicted molar refractivity (Wildman–Crippen MR) is 123 cm³/mol. The summed E-state index contributed by atoms with van der Waals surface area (Å²) in [5.74, 6) is 0.430. The number of rotatable bonds is 7. The molecule has 3 aromatic heterocycles. The quantitative estimate of drug-likeness (QED) is 0.277. The van der Waals surface area contributed by atoms with Crippen molar-refractivity contribution in [2.75, 3.05) is 13.7 Å². The van der Waals surface area contributed by atoms with E-state index in [0.29, 0.717) is 34.7 Å². The molecule has 3 heterocycles. The first-order valence-corrected chi connectivity index (χ1v) is 12.3. The largest absolute Gasteiger partial charge is 0.383 e. The molecule has 0 radical (unpaired) electrons. The Morgan fingerprint density at radius 1 is 1.22 bits per heavy atom. The van der Waals surface area contributed by atoms with E-state index in [1.807, 2.05) is 0 Å². The number of thioether (sulfide) groups is 1. The minimum Gasteiger partial charge on any atom is -0.383 e. The van der Waals surface area contributed by atoms with Gasteiger partial charge in [-0.1, -0.05) is 23.9 Å². The van der Waals surface area contributed by atoms with Gasteiger partial charge in [-0.3, -0.25) is 13.9 Å². The molecule has 5 rings (SSSR count). The molecule has 0 unspecified atom stereocenters. The molecule has 0 bridgehead atoms. The Balaban J connectivity index is 1.56. The second-order valence-electron chi connectivity index (χ2n) is 7.69. The minimum atomic E-state index is -2.70. The van der Waals surface area contributed by atoms with Crippen molar-refractivity contribution < 1.29 is 13.5 Å². The van der Waals surface area contributed by atoms with Gasteiger partial charge in [-0.05, 0) is 43.4 Å². The number of hydrogen-bond donors (Lipinski definition) is 0. The maximum atomic E-state index is 13.8. The monoisotopic (exact) mass is 476 g/mol. The second-order valence-corrected chi connectivity index (χ2v) is 9.71. The molecule has 0 amide bonds. The molecule has 1 aromatic carbocycles. The summed E-state index contributed by atoms with van der Waals surface area (Å²) < 4.78 is 35.4. The highest BCUT2D eigenvalue weighted by Crippen LogP contribution is 2.35. The third-order valence-corrected chi connectivity index (χ3v) is 7.91. The van der Waals surface area contributed by atoms with Crippen molar-refractivity contribution in [1.82, 2.24) is 19.1 Å². The van der Waals surface area contributed by atoms with Gasteiger partial charge in [-0.15, -0.1) is 11.3 Å². The van der Waals surface area contributed by atoms with Crippen LogP contribution in [-0.2, 0) is 29.9 Å². The zero-order valence-electron chi connectivity index (χ0n) is 17.5. The molecule has 32 heavy (non-hydrogen) atoms. The maximum absolute atomic E-state index is 13.8. The van der Waals surface area contributed by atoms with Crippen LogP contribution in [0.15, 0.2) is 34.2 Å². The summed E-state index contributed by atoms with van der Waals surface area (Å²) >= 11 is 2.84. The lowest BCUT2D eigenvalue weighted by atomic mass is 9.97. The fourth-order valence-corrected chi connectivity index (χ4v) is 6.51. The number of benzene rings is 1. The molecular weight excluding hydrogens is 454 g/mol. The molecular formula is C22H22F2N4O2S2. The topological polar surface area (TPSA) is 61.9 Å². The Morgan fingerprint density at radius 2 is 2.03 bits per heavy atom. The van der Waals surface area contributed by atoms with Crippen LogP contribution in [0.25, 0.3) is 21.3 Å². The molecule has 0 saturated heterocycles. The smallest absolute Gasteiger partial charge is 0.320 e. The van der Waals surface area contributed by atoms with Gasteiger partial charge < -0.3 is 4.74 Å². The summed E-state index contributed by atoms with van der Waals surface area (Å²) in [5, 5.41) is 1.22. The molecule has 0 N–H and O–H groups in total. The molecule has 0 atom stereocenters. The van der Waals surface area contributed by atoms with E-state index < -0.39 is 6.55 Å². The first-order valence-electron chi connectivity index (χ1n) is 10.5. The molecule has 1 aliphatic carbocycles.